The molecule has 110 valence electrons. The molecule has 1 N–H and O–H groups in total. The molecule has 2 rings (SSSR count). The smallest absolute Gasteiger partial charge is 0.0729 e. The Morgan fingerprint density at radius 1 is 1.40 bits per heavy atom. The number of anilines is 1. The highest BCUT2D eigenvalue weighted by atomic mass is 35.5. The second kappa shape index (κ2) is 7.67. The molecule has 6 heteroatoms. The second-order valence-corrected chi connectivity index (χ2v) is 6.04. The van der Waals surface area contributed by atoms with Gasteiger partial charge in [-0.3, -0.25) is 4.68 Å². The van der Waals surface area contributed by atoms with Gasteiger partial charge in [0.25, 0.3) is 0 Å². The van der Waals surface area contributed by atoms with Gasteiger partial charge in [-0.05, 0) is 19.2 Å². The summed E-state index contributed by atoms with van der Waals surface area (Å²) in [5.74, 6) is 0. The van der Waals surface area contributed by atoms with Gasteiger partial charge in [0.15, 0.2) is 0 Å². The number of likely N-dealkylation sites (N-methyl/N-ethyl adjacent to an activating group) is 1. The van der Waals surface area contributed by atoms with Gasteiger partial charge in [-0.2, -0.15) is 5.10 Å². The van der Waals surface area contributed by atoms with Crippen LogP contribution in [0.15, 0.2) is 23.8 Å². The summed E-state index contributed by atoms with van der Waals surface area (Å²) in [7, 11) is 0. The predicted molar refractivity (Wildman–Crippen MR) is 86.7 cm³/mol. The third-order valence-electron chi connectivity index (χ3n) is 3.26. The van der Waals surface area contributed by atoms with Crippen molar-refractivity contribution in [2.24, 2.45) is 0 Å². The molecule has 2 heterocycles. The van der Waals surface area contributed by atoms with Crippen LogP contribution in [0.3, 0.4) is 0 Å². The molecule has 20 heavy (non-hydrogen) atoms. The van der Waals surface area contributed by atoms with Crippen molar-refractivity contribution in [2.45, 2.75) is 26.9 Å². The Morgan fingerprint density at radius 2 is 2.20 bits per heavy atom. The molecule has 0 radical (unpaired) electrons. The van der Waals surface area contributed by atoms with E-state index in [1.54, 1.807) is 11.3 Å². The third kappa shape index (κ3) is 4.51. The number of nitrogens with zero attached hydrogens (tertiary/aromatic N) is 3. The van der Waals surface area contributed by atoms with Crippen molar-refractivity contribution >= 4 is 28.6 Å². The highest BCUT2D eigenvalue weighted by molar-refractivity contribution is 7.10. The van der Waals surface area contributed by atoms with E-state index in [9.17, 15) is 0 Å². The fraction of sp³-hybridized carbons (Fsp3) is 0.500. The van der Waals surface area contributed by atoms with E-state index in [0.29, 0.717) is 0 Å². The summed E-state index contributed by atoms with van der Waals surface area (Å²) >= 11 is 7.57. The zero-order chi connectivity index (χ0) is 14.4. The zero-order valence-corrected chi connectivity index (χ0v) is 13.5. The number of halogens is 1. The van der Waals surface area contributed by atoms with Crippen LogP contribution in [-0.2, 0) is 13.1 Å². The van der Waals surface area contributed by atoms with E-state index in [1.807, 2.05) is 22.3 Å². The van der Waals surface area contributed by atoms with Gasteiger partial charge in [-0.1, -0.05) is 25.4 Å². The monoisotopic (exact) mass is 312 g/mol. The first-order valence-corrected chi connectivity index (χ1v) is 8.18. The summed E-state index contributed by atoms with van der Waals surface area (Å²) in [6.45, 7) is 9.30. The lowest BCUT2D eigenvalue weighted by atomic mass is 10.4. The molecule has 0 aliphatic rings. The standard InChI is InChI=1S/C14H21ClN4S/c1-3-18(4-2)5-6-19-10-13(8-17-19)16-9-14-7-12(15)11-20-14/h7-8,10-11,16H,3-6,9H2,1-2H3. The largest absolute Gasteiger partial charge is 0.378 e. The van der Waals surface area contributed by atoms with Gasteiger partial charge in [-0.15, -0.1) is 11.3 Å². The lowest BCUT2D eigenvalue weighted by molar-refractivity contribution is 0.285. The van der Waals surface area contributed by atoms with E-state index in [-0.39, 0.29) is 0 Å². The summed E-state index contributed by atoms with van der Waals surface area (Å²) in [4.78, 5) is 3.62. The summed E-state index contributed by atoms with van der Waals surface area (Å²) in [6.07, 6.45) is 3.93. The molecule has 2 aromatic heterocycles. The van der Waals surface area contributed by atoms with Gasteiger partial charge in [0.05, 0.1) is 23.5 Å². The maximum atomic E-state index is 5.91. The molecule has 0 fully saturated rings. The van der Waals surface area contributed by atoms with Gasteiger partial charge in [0, 0.05) is 29.5 Å². The molecule has 2 aromatic rings. The van der Waals surface area contributed by atoms with Gasteiger partial charge in [0.2, 0.25) is 0 Å². The fourth-order valence-corrected chi connectivity index (χ4v) is 3.01. The Hall–Kier alpha value is -1.04. The fourth-order valence-electron chi connectivity index (χ4n) is 2.00. The van der Waals surface area contributed by atoms with Crippen LogP contribution in [0.25, 0.3) is 0 Å². The molecule has 0 aromatic carbocycles. The SMILES string of the molecule is CCN(CC)CCn1cc(NCc2cc(Cl)cs2)cn1. The summed E-state index contributed by atoms with van der Waals surface area (Å²) in [6, 6.07) is 1.99. The molecule has 0 atom stereocenters. The van der Waals surface area contributed by atoms with Gasteiger partial charge < -0.3 is 10.2 Å². The molecule has 0 saturated carbocycles. The Bertz CT molecular complexity index is 519. The van der Waals surface area contributed by atoms with E-state index in [1.165, 1.54) is 4.88 Å². The molecule has 0 amide bonds. The van der Waals surface area contributed by atoms with E-state index < -0.39 is 0 Å². The summed E-state index contributed by atoms with van der Waals surface area (Å²) in [5, 5.41) is 10.5. The van der Waals surface area contributed by atoms with E-state index >= 15 is 0 Å². The minimum absolute atomic E-state index is 0.791. The Balaban J connectivity index is 1.80. The van der Waals surface area contributed by atoms with E-state index in [0.717, 1.165) is 43.4 Å². The minimum Gasteiger partial charge on any atom is -0.378 e. The maximum Gasteiger partial charge on any atom is 0.0729 e. The zero-order valence-electron chi connectivity index (χ0n) is 12.0. The lowest BCUT2D eigenvalue weighted by Crippen LogP contribution is -2.27. The molecule has 4 nitrogen and oxygen atoms in total. The van der Waals surface area contributed by atoms with Crippen LogP contribution in [0.4, 0.5) is 5.69 Å². The molecule has 0 bridgehead atoms. The second-order valence-electron chi connectivity index (χ2n) is 4.60. The van der Waals surface area contributed by atoms with E-state index in [4.69, 9.17) is 11.6 Å². The third-order valence-corrected chi connectivity index (χ3v) is 4.55. The first kappa shape index (κ1) is 15.4. The molecular formula is C14H21ClN4S. The number of nitrogens with one attached hydrogen (secondary N) is 1. The van der Waals surface area contributed by atoms with Crippen molar-refractivity contribution in [3.63, 3.8) is 0 Å². The number of aromatic nitrogens is 2. The maximum absolute atomic E-state index is 5.91. The van der Waals surface area contributed by atoms with Crippen molar-refractivity contribution in [1.82, 2.24) is 14.7 Å². The van der Waals surface area contributed by atoms with E-state index in [2.05, 4.69) is 35.4 Å². The predicted octanol–water partition coefficient (Wildman–Crippen LogP) is 3.55. The quantitative estimate of drug-likeness (QED) is 0.809. The average molecular weight is 313 g/mol. The van der Waals surface area contributed by atoms with Crippen molar-refractivity contribution in [3.8, 4) is 0 Å². The normalized spacial score (nSPS) is 11.2. The summed E-state index contributed by atoms with van der Waals surface area (Å²) in [5.41, 5.74) is 1.05. The lowest BCUT2D eigenvalue weighted by Gasteiger charge is -2.17. The summed E-state index contributed by atoms with van der Waals surface area (Å²) < 4.78 is 1.99. The van der Waals surface area contributed by atoms with Crippen molar-refractivity contribution < 1.29 is 0 Å². The highest BCUT2D eigenvalue weighted by Crippen LogP contribution is 2.20. The first-order valence-electron chi connectivity index (χ1n) is 6.92. The van der Waals surface area contributed by atoms with Crippen LogP contribution in [0, 0.1) is 0 Å². The molecular weight excluding hydrogens is 292 g/mol. The molecule has 0 saturated heterocycles. The number of hydrogen-bond donors (Lipinski definition) is 1. The van der Waals surface area contributed by atoms with Gasteiger partial charge in [0.1, 0.15) is 0 Å². The number of hydrogen-bond acceptors (Lipinski definition) is 4. The van der Waals surface area contributed by atoms with Crippen molar-refractivity contribution in [1.29, 1.82) is 0 Å². The van der Waals surface area contributed by atoms with Crippen LogP contribution in [-0.4, -0.2) is 34.3 Å². The molecule has 0 aliphatic heterocycles. The van der Waals surface area contributed by atoms with Crippen LogP contribution >= 0.6 is 22.9 Å². The Labute approximate surface area is 129 Å². The number of rotatable bonds is 8. The van der Waals surface area contributed by atoms with Crippen molar-refractivity contribution in [3.05, 3.63) is 33.7 Å². The first-order chi connectivity index (χ1) is 9.71. The number of thiophene rings is 1. The van der Waals surface area contributed by atoms with Crippen LogP contribution in [0.5, 0.6) is 0 Å². The molecule has 0 aliphatic carbocycles. The van der Waals surface area contributed by atoms with Crippen LogP contribution in [0.2, 0.25) is 5.02 Å². The average Bonchev–Trinajstić information content (AvgIpc) is 3.07. The molecule has 0 spiro atoms. The van der Waals surface area contributed by atoms with Crippen LogP contribution in [0.1, 0.15) is 18.7 Å². The van der Waals surface area contributed by atoms with Gasteiger partial charge in [-0.25, -0.2) is 0 Å². The highest BCUT2D eigenvalue weighted by Gasteiger charge is 2.03. The Kier molecular flexibility index (Phi) is 5.88. The van der Waals surface area contributed by atoms with Crippen LogP contribution < -0.4 is 5.32 Å². The topological polar surface area (TPSA) is 33.1 Å². The van der Waals surface area contributed by atoms with Gasteiger partial charge >= 0.3 is 0 Å². The molecule has 0 unspecified atom stereocenters. The Morgan fingerprint density at radius 3 is 2.85 bits per heavy atom. The minimum atomic E-state index is 0.791. The van der Waals surface area contributed by atoms with Crippen molar-refractivity contribution in [2.75, 3.05) is 25.0 Å².